The number of aromatic nitrogens is 2. The van der Waals surface area contributed by atoms with Gasteiger partial charge in [0.25, 0.3) is 0 Å². The smallest absolute Gasteiger partial charge is 0.329 e. The Hall–Kier alpha value is -1.82. The first-order chi connectivity index (χ1) is 11.5. The van der Waals surface area contributed by atoms with Crippen LogP contribution in [0.5, 0.6) is 5.75 Å². The number of pyridine rings is 1. The zero-order valence-corrected chi connectivity index (χ0v) is 15.3. The van der Waals surface area contributed by atoms with E-state index >= 15 is 0 Å². The van der Waals surface area contributed by atoms with Gasteiger partial charge in [-0.15, -0.1) is 0 Å². The molecule has 3 N–H and O–H groups in total. The van der Waals surface area contributed by atoms with Gasteiger partial charge >= 0.3 is 5.13 Å². The predicted molar refractivity (Wildman–Crippen MR) is 98.1 cm³/mol. The molecule has 0 radical (unpaired) electrons. The molecule has 0 spiro atoms. The Morgan fingerprint density at radius 1 is 1.21 bits per heavy atom. The van der Waals surface area contributed by atoms with Crippen LogP contribution in [0.25, 0.3) is 0 Å². The number of hydrogen-bond donors (Lipinski definition) is 1. The first kappa shape index (κ1) is 17.0. The Morgan fingerprint density at radius 2 is 1.88 bits per heavy atom. The SMILES string of the molecule is COc1ccc(C(Cc2cc(Cl)nc(Cl)c2)c2csc(N)[nH+]2)cc1. The molecular formula is C17H16Cl2N3OS+. The summed E-state index contributed by atoms with van der Waals surface area (Å²) in [5, 5.41) is 3.49. The van der Waals surface area contributed by atoms with E-state index in [1.165, 1.54) is 11.3 Å². The number of ether oxygens (including phenoxy) is 1. The lowest BCUT2D eigenvalue weighted by Crippen LogP contribution is -2.17. The van der Waals surface area contributed by atoms with Crippen molar-refractivity contribution in [1.29, 1.82) is 0 Å². The molecule has 24 heavy (non-hydrogen) atoms. The van der Waals surface area contributed by atoms with Gasteiger partial charge in [-0.05, 0) is 41.8 Å². The van der Waals surface area contributed by atoms with E-state index < -0.39 is 0 Å². The molecule has 0 bridgehead atoms. The van der Waals surface area contributed by atoms with Crippen LogP contribution in [0.2, 0.25) is 10.3 Å². The van der Waals surface area contributed by atoms with Crippen molar-refractivity contribution in [3.05, 3.63) is 68.9 Å². The van der Waals surface area contributed by atoms with Gasteiger partial charge < -0.3 is 4.74 Å². The summed E-state index contributed by atoms with van der Waals surface area (Å²) in [6, 6.07) is 11.7. The molecule has 0 saturated heterocycles. The van der Waals surface area contributed by atoms with Gasteiger partial charge in [0.15, 0.2) is 0 Å². The number of nitrogen functional groups attached to an aromatic ring is 1. The standard InChI is InChI=1S/C17H15Cl2N3OS/c1-23-12-4-2-11(3-5-12)13(14-9-24-17(20)21-14)6-10-7-15(18)22-16(19)8-10/h2-5,7-9,13H,6H2,1H3,(H2,20,21)/p+1. The Morgan fingerprint density at radius 3 is 2.42 bits per heavy atom. The fourth-order valence-electron chi connectivity index (χ4n) is 2.61. The third-order valence-corrected chi connectivity index (χ3v) is 4.85. The van der Waals surface area contributed by atoms with Gasteiger partial charge in [-0.1, -0.05) is 46.7 Å². The normalized spacial score (nSPS) is 12.1. The summed E-state index contributed by atoms with van der Waals surface area (Å²) in [6.45, 7) is 0. The van der Waals surface area contributed by atoms with Crippen LogP contribution < -0.4 is 15.5 Å². The zero-order chi connectivity index (χ0) is 17.1. The van der Waals surface area contributed by atoms with Crippen molar-refractivity contribution in [1.82, 2.24) is 4.98 Å². The van der Waals surface area contributed by atoms with Crippen LogP contribution in [0.15, 0.2) is 41.8 Å². The van der Waals surface area contributed by atoms with Gasteiger partial charge in [-0.2, -0.15) is 0 Å². The van der Waals surface area contributed by atoms with E-state index in [4.69, 9.17) is 33.7 Å². The van der Waals surface area contributed by atoms with E-state index in [1.54, 1.807) is 7.11 Å². The van der Waals surface area contributed by atoms with Crippen molar-refractivity contribution in [2.45, 2.75) is 12.3 Å². The molecule has 1 atom stereocenters. The van der Waals surface area contributed by atoms with Crippen LogP contribution in [0, 0.1) is 0 Å². The minimum Gasteiger partial charge on any atom is -0.497 e. The van der Waals surface area contributed by atoms with E-state index in [0.29, 0.717) is 15.4 Å². The van der Waals surface area contributed by atoms with Crippen molar-refractivity contribution < 1.29 is 9.72 Å². The molecule has 4 nitrogen and oxygen atoms in total. The molecule has 0 saturated carbocycles. The fraction of sp³-hybridized carbons (Fsp3) is 0.176. The molecule has 0 aliphatic rings. The molecule has 7 heteroatoms. The molecule has 0 aliphatic carbocycles. The van der Waals surface area contributed by atoms with Crippen molar-refractivity contribution in [2.75, 3.05) is 12.8 Å². The molecule has 2 aromatic heterocycles. The summed E-state index contributed by atoms with van der Waals surface area (Å²) in [7, 11) is 1.65. The van der Waals surface area contributed by atoms with E-state index in [1.807, 2.05) is 29.6 Å². The number of thiazole rings is 1. The number of halogens is 2. The van der Waals surface area contributed by atoms with Gasteiger partial charge in [0.2, 0.25) is 0 Å². The Labute approximate surface area is 154 Å². The first-order valence-electron chi connectivity index (χ1n) is 7.27. The second kappa shape index (κ2) is 7.38. The molecule has 1 aromatic carbocycles. The molecule has 1 unspecified atom stereocenters. The molecule has 3 aromatic rings. The summed E-state index contributed by atoms with van der Waals surface area (Å²) in [4.78, 5) is 7.24. The van der Waals surface area contributed by atoms with Crippen LogP contribution in [-0.2, 0) is 6.42 Å². The second-order valence-corrected chi connectivity index (χ2v) is 7.02. The lowest BCUT2D eigenvalue weighted by atomic mass is 9.90. The molecule has 124 valence electrons. The lowest BCUT2D eigenvalue weighted by molar-refractivity contribution is -0.368. The van der Waals surface area contributed by atoms with E-state index in [2.05, 4.69) is 22.1 Å². The van der Waals surface area contributed by atoms with Crippen molar-refractivity contribution in [3.63, 3.8) is 0 Å². The molecule has 3 rings (SSSR count). The highest BCUT2D eigenvalue weighted by Gasteiger charge is 2.21. The number of anilines is 1. The number of benzene rings is 1. The van der Waals surface area contributed by atoms with Crippen LogP contribution in [-0.4, -0.2) is 12.1 Å². The summed E-state index contributed by atoms with van der Waals surface area (Å²) in [5.41, 5.74) is 9.08. The minimum atomic E-state index is 0.0963. The lowest BCUT2D eigenvalue weighted by Gasteiger charge is -2.15. The van der Waals surface area contributed by atoms with E-state index in [-0.39, 0.29) is 5.92 Å². The highest BCUT2D eigenvalue weighted by Crippen LogP contribution is 2.30. The van der Waals surface area contributed by atoms with E-state index in [9.17, 15) is 0 Å². The van der Waals surface area contributed by atoms with Crippen molar-refractivity contribution in [2.24, 2.45) is 0 Å². The van der Waals surface area contributed by atoms with Gasteiger partial charge in [-0.25, -0.2) is 9.97 Å². The zero-order valence-electron chi connectivity index (χ0n) is 12.9. The van der Waals surface area contributed by atoms with Gasteiger partial charge in [0, 0.05) is 5.38 Å². The van der Waals surface area contributed by atoms with Gasteiger partial charge in [0.05, 0.1) is 13.0 Å². The average molecular weight is 381 g/mol. The Bertz CT molecular complexity index is 816. The first-order valence-corrected chi connectivity index (χ1v) is 8.91. The topological polar surface area (TPSA) is 62.3 Å². The molecule has 0 aliphatic heterocycles. The highest BCUT2D eigenvalue weighted by atomic mass is 35.5. The maximum absolute atomic E-state index is 6.03. The summed E-state index contributed by atoms with van der Waals surface area (Å²) < 4.78 is 5.24. The Balaban J connectivity index is 1.98. The molecule has 0 fully saturated rings. The average Bonchev–Trinajstić information content (AvgIpc) is 2.98. The van der Waals surface area contributed by atoms with Crippen LogP contribution in [0.4, 0.5) is 5.13 Å². The van der Waals surface area contributed by atoms with Crippen LogP contribution in [0.3, 0.4) is 0 Å². The monoisotopic (exact) mass is 380 g/mol. The summed E-state index contributed by atoms with van der Waals surface area (Å²) in [5.74, 6) is 0.917. The van der Waals surface area contributed by atoms with Crippen LogP contribution in [0.1, 0.15) is 22.7 Å². The fourth-order valence-corrected chi connectivity index (χ4v) is 3.77. The van der Waals surface area contributed by atoms with Gasteiger partial charge in [0.1, 0.15) is 21.7 Å². The maximum atomic E-state index is 6.03. The van der Waals surface area contributed by atoms with E-state index in [0.717, 1.165) is 29.0 Å². The Kier molecular flexibility index (Phi) is 5.23. The van der Waals surface area contributed by atoms with Crippen molar-refractivity contribution in [3.8, 4) is 5.75 Å². The number of hydrogen-bond acceptors (Lipinski definition) is 4. The van der Waals surface area contributed by atoms with Gasteiger partial charge in [-0.3, -0.25) is 5.73 Å². The minimum absolute atomic E-state index is 0.0963. The van der Waals surface area contributed by atoms with Crippen molar-refractivity contribution >= 4 is 39.7 Å². The number of aromatic amines is 1. The number of nitrogens with two attached hydrogens (primary N) is 1. The van der Waals surface area contributed by atoms with Crippen LogP contribution >= 0.6 is 34.5 Å². The second-order valence-electron chi connectivity index (χ2n) is 5.33. The molecular weight excluding hydrogens is 365 g/mol. The molecule has 0 amide bonds. The number of nitrogens with zero attached hydrogens (tertiary/aromatic N) is 1. The predicted octanol–water partition coefficient (Wildman–Crippen LogP) is 4.23. The summed E-state index contributed by atoms with van der Waals surface area (Å²) in [6.07, 6.45) is 0.723. The number of methoxy groups -OCH3 is 1. The molecule has 2 heterocycles. The quantitative estimate of drug-likeness (QED) is 0.673. The highest BCUT2D eigenvalue weighted by molar-refractivity contribution is 7.13. The summed E-state index contributed by atoms with van der Waals surface area (Å²) >= 11 is 13.5. The largest absolute Gasteiger partial charge is 0.497 e. The number of nitrogens with one attached hydrogen (secondary N) is 1. The maximum Gasteiger partial charge on any atom is 0.329 e. The third kappa shape index (κ3) is 3.98. The number of H-pyrrole nitrogens is 1. The number of rotatable bonds is 5. The third-order valence-electron chi connectivity index (χ3n) is 3.74.